The van der Waals surface area contributed by atoms with Crippen LogP contribution in [0.4, 0.5) is 5.69 Å². The highest BCUT2D eigenvalue weighted by molar-refractivity contribution is 6.33. The Morgan fingerprint density at radius 2 is 1.70 bits per heavy atom. The molecule has 1 amide bonds. The highest BCUT2D eigenvalue weighted by Crippen LogP contribution is 2.25. The lowest BCUT2D eigenvalue weighted by atomic mass is 10.0. The van der Waals surface area contributed by atoms with E-state index in [4.69, 9.17) is 23.2 Å². The minimum absolute atomic E-state index is 0.0329. The van der Waals surface area contributed by atoms with Crippen molar-refractivity contribution in [2.45, 2.75) is 26.8 Å². The van der Waals surface area contributed by atoms with E-state index >= 15 is 0 Å². The molecule has 0 aromatic heterocycles. The van der Waals surface area contributed by atoms with Gasteiger partial charge in [0.2, 0.25) is 0 Å². The van der Waals surface area contributed by atoms with Gasteiger partial charge in [0.1, 0.15) is 11.3 Å². The maximum absolute atomic E-state index is 12.8. The third-order valence-corrected chi connectivity index (χ3v) is 4.74. The van der Waals surface area contributed by atoms with Gasteiger partial charge in [-0.25, -0.2) is 0 Å². The first-order valence-corrected chi connectivity index (χ1v) is 9.33. The quantitative estimate of drug-likeness (QED) is 0.361. The summed E-state index contributed by atoms with van der Waals surface area (Å²) in [5.41, 5.74) is 1.00. The lowest BCUT2D eigenvalue weighted by molar-refractivity contribution is -0.117. The molecule has 0 aliphatic carbocycles. The van der Waals surface area contributed by atoms with Gasteiger partial charge >= 0.3 is 0 Å². The Bertz CT molecular complexity index is 859. The van der Waals surface area contributed by atoms with Gasteiger partial charge in [0.25, 0.3) is 5.91 Å². The molecule has 0 radical (unpaired) electrons. The number of carbonyl (C=O) groups is 1. The molecule has 1 atom stereocenters. The number of nitrogens with zero attached hydrogens (tertiary/aromatic N) is 1. The third kappa shape index (κ3) is 5.84. The van der Waals surface area contributed by atoms with Gasteiger partial charge in [0, 0.05) is 22.8 Å². The maximum Gasteiger partial charge on any atom is 0.256 e. The van der Waals surface area contributed by atoms with E-state index in [9.17, 15) is 9.90 Å². The molecule has 27 heavy (non-hydrogen) atoms. The summed E-state index contributed by atoms with van der Waals surface area (Å²) in [7, 11) is 0. The van der Waals surface area contributed by atoms with Gasteiger partial charge in [0.05, 0.1) is 10.7 Å². The lowest BCUT2D eigenvalue weighted by Gasteiger charge is -2.18. The number of hydrogen-bond acceptors (Lipinski definition) is 3. The fraction of sp³-hybridized carbons (Fsp3) is 0.238. The number of amides is 1. The molecule has 4 nitrogen and oxygen atoms in total. The molecule has 0 heterocycles. The zero-order valence-electron chi connectivity index (χ0n) is 15.4. The molecule has 2 aromatic rings. The van der Waals surface area contributed by atoms with Crippen molar-refractivity contribution >= 4 is 46.8 Å². The van der Waals surface area contributed by atoms with E-state index in [0.717, 1.165) is 0 Å². The minimum atomic E-state index is -0.425. The van der Waals surface area contributed by atoms with E-state index < -0.39 is 5.91 Å². The number of aliphatic imine (C=N–C) groups is 1. The van der Waals surface area contributed by atoms with Crippen LogP contribution < -0.4 is 5.32 Å². The van der Waals surface area contributed by atoms with Gasteiger partial charge in [0.15, 0.2) is 0 Å². The second kappa shape index (κ2) is 9.58. The molecule has 2 rings (SSSR count). The van der Waals surface area contributed by atoms with Crippen molar-refractivity contribution in [2.24, 2.45) is 10.9 Å². The number of benzene rings is 2. The van der Waals surface area contributed by atoms with Crippen LogP contribution in [-0.2, 0) is 4.79 Å². The Morgan fingerprint density at radius 3 is 2.30 bits per heavy atom. The van der Waals surface area contributed by atoms with E-state index in [-0.39, 0.29) is 23.3 Å². The Hall–Kier alpha value is -2.30. The summed E-state index contributed by atoms with van der Waals surface area (Å²) in [4.78, 5) is 17.1. The van der Waals surface area contributed by atoms with Gasteiger partial charge in [-0.05, 0) is 49.2 Å². The normalized spacial score (nSPS) is 13.6. The number of rotatable bonds is 6. The zero-order valence-corrected chi connectivity index (χ0v) is 16.9. The molecule has 0 aliphatic rings. The molecular formula is C21H22Cl2N2O2. The van der Waals surface area contributed by atoms with Crippen LogP contribution >= 0.6 is 23.2 Å². The highest BCUT2D eigenvalue weighted by Gasteiger charge is 2.19. The van der Waals surface area contributed by atoms with Crippen LogP contribution in [0, 0.1) is 5.92 Å². The van der Waals surface area contributed by atoms with E-state index in [1.165, 1.54) is 6.21 Å². The SMILES string of the molecule is CC(C)C(C)NC(=O)/C(C=Nc1ccc(Cl)cc1)=C(/O)c1ccccc1Cl. The summed E-state index contributed by atoms with van der Waals surface area (Å²) in [6.45, 7) is 5.91. The summed E-state index contributed by atoms with van der Waals surface area (Å²) in [5, 5.41) is 14.5. The summed E-state index contributed by atoms with van der Waals surface area (Å²) >= 11 is 12.1. The highest BCUT2D eigenvalue weighted by atomic mass is 35.5. The molecule has 0 saturated heterocycles. The monoisotopic (exact) mass is 404 g/mol. The molecule has 0 fully saturated rings. The van der Waals surface area contributed by atoms with Crippen LogP contribution in [0.2, 0.25) is 10.0 Å². The summed E-state index contributed by atoms with van der Waals surface area (Å²) in [6, 6.07) is 13.5. The molecule has 6 heteroatoms. The molecule has 0 bridgehead atoms. The fourth-order valence-corrected chi connectivity index (χ4v) is 2.49. The van der Waals surface area contributed by atoms with Crippen molar-refractivity contribution in [3.63, 3.8) is 0 Å². The van der Waals surface area contributed by atoms with Crippen molar-refractivity contribution in [3.8, 4) is 0 Å². The van der Waals surface area contributed by atoms with Crippen LogP contribution in [0.1, 0.15) is 26.3 Å². The van der Waals surface area contributed by atoms with Crippen LogP contribution in [0.25, 0.3) is 5.76 Å². The molecular weight excluding hydrogens is 383 g/mol. The first-order chi connectivity index (χ1) is 12.8. The Morgan fingerprint density at radius 1 is 1.07 bits per heavy atom. The molecule has 2 aromatic carbocycles. The predicted octanol–water partition coefficient (Wildman–Crippen LogP) is 5.83. The van der Waals surface area contributed by atoms with Crippen molar-refractivity contribution in [1.82, 2.24) is 5.32 Å². The number of halogens is 2. The number of aliphatic hydroxyl groups is 1. The molecule has 0 saturated carbocycles. The van der Waals surface area contributed by atoms with Crippen molar-refractivity contribution in [2.75, 3.05) is 0 Å². The van der Waals surface area contributed by atoms with E-state index in [1.807, 2.05) is 20.8 Å². The van der Waals surface area contributed by atoms with Crippen molar-refractivity contribution in [3.05, 3.63) is 69.7 Å². The number of nitrogens with one attached hydrogen (secondary N) is 1. The Balaban J connectivity index is 2.44. The summed E-state index contributed by atoms with van der Waals surface area (Å²) < 4.78 is 0. The number of carbonyl (C=O) groups excluding carboxylic acids is 1. The smallest absolute Gasteiger partial charge is 0.256 e. The van der Waals surface area contributed by atoms with Crippen molar-refractivity contribution < 1.29 is 9.90 Å². The van der Waals surface area contributed by atoms with Crippen LogP contribution in [-0.4, -0.2) is 23.3 Å². The van der Waals surface area contributed by atoms with E-state index in [1.54, 1.807) is 48.5 Å². The molecule has 1 unspecified atom stereocenters. The third-order valence-electron chi connectivity index (χ3n) is 4.16. The topological polar surface area (TPSA) is 61.7 Å². The lowest BCUT2D eigenvalue weighted by Crippen LogP contribution is -2.37. The summed E-state index contributed by atoms with van der Waals surface area (Å²) in [5.74, 6) is -0.413. The fourth-order valence-electron chi connectivity index (χ4n) is 2.14. The average molecular weight is 405 g/mol. The second-order valence-corrected chi connectivity index (χ2v) is 7.33. The molecule has 142 valence electrons. The first kappa shape index (κ1) is 21.0. The van der Waals surface area contributed by atoms with Crippen molar-refractivity contribution in [1.29, 1.82) is 0 Å². The Kier molecular flexibility index (Phi) is 7.45. The minimum Gasteiger partial charge on any atom is -0.506 e. The molecule has 0 aliphatic heterocycles. The molecule has 0 spiro atoms. The van der Waals surface area contributed by atoms with Gasteiger partial charge in [-0.3, -0.25) is 9.79 Å². The van der Waals surface area contributed by atoms with E-state index in [0.29, 0.717) is 21.3 Å². The van der Waals surface area contributed by atoms with Gasteiger partial charge < -0.3 is 10.4 Å². The zero-order chi connectivity index (χ0) is 20.0. The summed E-state index contributed by atoms with van der Waals surface area (Å²) in [6.07, 6.45) is 1.34. The van der Waals surface area contributed by atoms with Gasteiger partial charge in [-0.1, -0.05) is 49.2 Å². The first-order valence-electron chi connectivity index (χ1n) is 8.58. The second-order valence-electron chi connectivity index (χ2n) is 6.48. The van der Waals surface area contributed by atoms with Gasteiger partial charge in [-0.2, -0.15) is 0 Å². The average Bonchev–Trinajstić information content (AvgIpc) is 2.63. The Labute approximate surface area is 169 Å². The predicted molar refractivity (Wildman–Crippen MR) is 113 cm³/mol. The largest absolute Gasteiger partial charge is 0.506 e. The van der Waals surface area contributed by atoms with Crippen LogP contribution in [0.5, 0.6) is 0 Å². The van der Waals surface area contributed by atoms with E-state index in [2.05, 4.69) is 10.3 Å². The standard InChI is InChI=1S/C21H22Cl2N2O2/c1-13(2)14(3)25-21(27)18(12-24-16-10-8-15(22)9-11-16)20(26)17-6-4-5-7-19(17)23/h4-14,26H,1-3H3,(H,25,27)/b20-18+,24-12?. The maximum atomic E-state index is 12.8. The van der Waals surface area contributed by atoms with Crippen LogP contribution in [0.3, 0.4) is 0 Å². The van der Waals surface area contributed by atoms with Gasteiger partial charge in [-0.15, -0.1) is 0 Å². The number of aliphatic hydroxyl groups excluding tert-OH is 1. The molecule has 2 N–H and O–H groups in total. The van der Waals surface area contributed by atoms with Crippen LogP contribution in [0.15, 0.2) is 59.1 Å². The number of hydrogen-bond donors (Lipinski definition) is 2.